The molecule has 0 radical (unpaired) electrons. The summed E-state index contributed by atoms with van der Waals surface area (Å²) in [6.07, 6.45) is 0.783. The van der Waals surface area contributed by atoms with Crippen LogP contribution in [-0.2, 0) is 20.8 Å². The maximum atomic E-state index is 12.4. The Balaban J connectivity index is 1.95. The molecule has 2 rings (SSSR count). The largest absolute Gasteiger partial charge is 0.358 e. The highest BCUT2D eigenvalue weighted by Crippen LogP contribution is 2.18. The number of carbonyl (C=O) groups excluding carboxylic acids is 3. The molecule has 1 aliphatic heterocycles. The Morgan fingerprint density at radius 3 is 2.64 bits per heavy atom. The first-order valence-corrected chi connectivity index (χ1v) is 7.32. The van der Waals surface area contributed by atoms with E-state index in [0.29, 0.717) is 13.0 Å². The molecule has 6 nitrogen and oxygen atoms in total. The van der Waals surface area contributed by atoms with Gasteiger partial charge in [0.15, 0.2) is 0 Å². The first kappa shape index (κ1) is 16.2. The molecule has 0 aliphatic carbocycles. The molecular formula is C16H21N3O3. The number of carbonyl (C=O) groups is 3. The van der Waals surface area contributed by atoms with Gasteiger partial charge in [0.25, 0.3) is 0 Å². The summed E-state index contributed by atoms with van der Waals surface area (Å²) in [7, 11) is 3.23. The van der Waals surface area contributed by atoms with Gasteiger partial charge in [-0.3, -0.25) is 24.2 Å². The van der Waals surface area contributed by atoms with Crippen molar-refractivity contribution in [2.24, 2.45) is 0 Å². The fraction of sp³-hybridized carbons (Fsp3) is 0.438. The van der Waals surface area contributed by atoms with Crippen molar-refractivity contribution in [2.75, 3.05) is 27.2 Å². The molecule has 1 atom stereocenters. The van der Waals surface area contributed by atoms with Crippen LogP contribution in [0.2, 0.25) is 0 Å². The average molecular weight is 303 g/mol. The summed E-state index contributed by atoms with van der Waals surface area (Å²) in [4.78, 5) is 38.8. The van der Waals surface area contributed by atoms with Gasteiger partial charge in [-0.05, 0) is 19.0 Å². The van der Waals surface area contributed by atoms with Gasteiger partial charge in [0.2, 0.25) is 17.7 Å². The van der Waals surface area contributed by atoms with E-state index in [2.05, 4.69) is 5.32 Å². The minimum atomic E-state index is -0.541. The van der Waals surface area contributed by atoms with Gasteiger partial charge in [-0.25, -0.2) is 0 Å². The van der Waals surface area contributed by atoms with Crippen LogP contribution >= 0.6 is 0 Å². The third-order valence-corrected chi connectivity index (χ3v) is 3.89. The molecule has 0 aromatic heterocycles. The first-order valence-electron chi connectivity index (χ1n) is 7.32. The highest BCUT2D eigenvalue weighted by molar-refractivity contribution is 6.05. The molecule has 6 heteroatoms. The lowest BCUT2D eigenvalue weighted by Gasteiger charge is -2.22. The van der Waals surface area contributed by atoms with Gasteiger partial charge < -0.3 is 5.32 Å². The second-order valence-corrected chi connectivity index (χ2v) is 5.43. The van der Waals surface area contributed by atoms with Crippen LogP contribution < -0.4 is 5.32 Å². The zero-order valence-corrected chi connectivity index (χ0v) is 12.9. The van der Waals surface area contributed by atoms with Crippen LogP contribution in [0.3, 0.4) is 0 Å². The average Bonchev–Trinajstić information content (AvgIpc) is 2.81. The zero-order chi connectivity index (χ0) is 16.1. The second kappa shape index (κ2) is 7.17. The molecule has 1 aromatic rings. The minimum absolute atomic E-state index is 0.104. The Hall–Kier alpha value is -2.21. The number of hydrogen-bond donors (Lipinski definition) is 1. The quantitative estimate of drug-likeness (QED) is 0.753. The summed E-state index contributed by atoms with van der Waals surface area (Å²) < 4.78 is 0. The van der Waals surface area contributed by atoms with Crippen molar-refractivity contribution in [1.82, 2.24) is 15.1 Å². The Morgan fingerprint density at radius 1 is 1.32 bits per heavy atom. The molecule has 1 saturated heterocycles. The van der Waals surface area contributed by atoms with Crippen LogP contribution in [-0.4, -0.2) is 60.7 Å². The highest BCUT2D eigenvalue weighted by Gasteiger charge is 2.40. The maximum Gasteiger partial charge on any atom is 0.247 e. The van der Waals surface area contributed by atoms with Gasteiger partial charge in [0.1, 0.15) is 0 Å². The maximum absolute atomic E-state index is 12.4. The monoisotopic (exact) mass is 303 g/mol. The van der Waals surface area contributed by atoms with Gasteiger partial charge >= 0.3 is 0 Å². The molecule has 0 saturated carbocycles. The van der Waals surface area contributed by atoms with Crippen LogP contribution in [0, 0.1) is 0 Å². The lowest BCUT2D eigenvalue weighted by atomic mass is 10.1. The van der Waals surface area contributed by atoms with E-state index in [1.165, 1.54) is 4.90 Å². The van der Waals surface area contributed by atoms with Crippen LogP contribution in [0.25, 0.3) is 0 Å². The number of benzene rings is 1. The van der Waals surface area contributed by atoms with Gasteiger partial charge in [-0.2, -0.15) is 0 Å². The smallest absolute Gasteiger partial charge is 0.247 e. The SMILES string of the molecule is CNC(=O)CN(C)[C@H]1CC(=O)N(CCc2ccccc2)C1=O. The first-order chi connectivity index (χ1) is 10.5. The molecule has 3 amide bonds. The highest BCUT2D eigenvalue weighted by atomic mass is 16.2. The van der Waals surface area contributed by atoms with E-state index >= 15 is 0 Å². The molecule has 0 spiro atoms. The standard InChI is InChI=1S/C16H21N3O3/c1-17-14(20)11-18(2)13-10-15(21)19(16(13)22)9-8-12-6-4-3-5-7-12/h3-7,13H,8-11H2,1-2H3,(H,17,20)/t13-/m0/s1. The molecule has 1 aromatic carbocycles. The Labute approximate surface area is 130 Å². The molecule has 22 heavy (non-hydrogen) atoms. The predicted octanol–water partition coefficient (Wildman–Crippen LogP) is 0.0344. The van der Waals surface area contributed by atoms with E-state index in [-0.39, 0.29) is 30.7 Å². The molecule has 1 fully saturated rings. The number of rotatable bonds is 6. The summed E-state index contributed by atoms with van der Waals surface area (Å²) >= 11 is 0. The van der Waals surface area contributed by atoms with Gasteiger partial charge in [0.05, 0.1) is 19.0 Å². The van der Waals surface area contributed by atoms with E-state index in [9.17, 15) is 14.4 Å². The van der Waals surface area contributed by atoms with Crippen LogP contribution in [0.15, 0.2) is 30.3 Å². The minimum Gasteiger partial charge on any atom is -0.358 e. The molecule has 0 bridgehead atoms. The third-order valence-electron chi connectivity index (χ3n) is 3.89. The Bertz CT molecular complexity index is 559. The molecule has 0 unspecified atom stereocenters. The normalized spacial score (nSPS) is 18.1. The van der Waals surface area contributed by atoms with E-state index in [1.54, 1.807) is 19.0 Å². The fourth-order valence-electron chi connectivity index (χ4n) is 2.55. The van der Waals surface area contributed by atoms with Crippen molar-refractivity contribution in [3.8, 4) is 0 Å². The van der Waals surface area contributed by atoms with Gasteiger partial charge in [0, 0.05) is 13.6 Å². The number of imide groups is 1. The topological polar surface area (TPSA) is 69.7 Å². The van der Waals surface area contributed by atoms with E-state index in [1.807, 2.05) is 30.3 Å². The zero-order valence-electron chi connectivity index (χ0n) is 12.9. The summed E-state index contributed by atoms with van der Waals surface area (Å²) in [6.45, 7) is 0.485. The lowest BCUT2D eigenvalue weighted by molar-refractivity contribution is -0.139. The fourth-order valence-corrected chi connectivity index (χ4v) is 2.55. The van der Waals surface area contributed by atoms with Crippen LogP contribution in [0.4, 0.5) is 0 Å². The summed E-state index contributed by atoms with van der Waals surface area (Å²) in [5.41, 5.74) is 1.09. The summed E-state index contributed by atoms with van der Waals surface area (Å²) in [5, 5.41) is 2.51. The number of nitrogens with zero attached hydrogens (tertiary/aromatic N) is 2. The summed E-state index contributed by atoms with van der Waals surface area (Å²) in [5.74, 6) is -0.562. The molecular weight excluding hydrogens is 282 g/mol. The van der Waals surface area contributed by atoms with E-state index in [0.717, 1.165) is 5.56 Å². The van der Waals surface area contributed by atoms with Gasteiger partial charge in [-0.15, -0.1) is 0 Å². The Morgan fingerprint density at radius 2 is 2.00 bits per heavy atom. The predicted molar refractivity (Wildman–Crippen MR) is 82.0 cm³/mol. The van der Waals surface area contributed by atoms with Crippen LogP contribution in [0.5, 0.6) is 0 Å². The molecule has 1 heterocycles. The second-order valence-electron chi connectivity index (χ2n) is 5.43. The lowest BCUT2D eigenvalue weighted by Crippen LogP contribution is -2.44. The number of likely N-dealkylation sites (N-methyl/N-ethyl adjacent to an activating group) is 2. The van der Waals surface area contributed by atoms with Crippen molar-refractivity contribution >= 4 is 17.7 Å². The molecule has 1 N–H and O–H groups in total. The Kier molecular flexibility index (Phi) is 5.27. The number of nitrogens with one attached hydrogen (secondary N) is 1. The van der Waals surface area contributed by atoms with E-state index < -0.39 is 6.04 Å². The van der Waals surface area contributed by atoms with Crippen molar-refractivity contribution in [1.29, 1.82) is 0 Å². The van der Waals surface area contributed by atoms with Crippen LogP contribution in [0.1, 0.15) is 12.0 Å². The molecule has 1 aliphatic rings. The number of amides is 3. The van der Waals surface area contributed by atoms with Gasteiger partial charge in [-0.1, -0.05) is 30.3 Å². The third kappa shape index (κ3) is 3.71. The summed E-state index contributed by atoms with van der Waals surface area (Å²) in [6, 6.07) is 9.20. The van der Waals surface area contributed by atoms with Crippen molar-refractivity contribution in [3.05, 3.63) is 35.9 Å². The van der Waals surface area contributed by atoms with Crippen molar-refractivity contribution in [2.45, 2.75) is 18.9 Å². The number of likely N-dealkylation sites (tertiary alicyclic amines) is 1. The van der Waals surface area contributed by atoms with Crippen molar-refractivity contribution in [3.63, 3.8) is 0 Å². The van der Waals surface area contributed by atoms with Crippen molar-refractivity contribution < 1.29 is 14.4 Å². The molecule has 118 valence electrons. The van der Waals surface area contributed by atoms with E-state index in [4.69, 9.17) is 0 Å². The number of hydrogen-bond acceptors (Lipinski definition) is 4.